The number of hydrogen-bond donors (Lipinski definition) is 1. The minimum Gasteiger partial charge on any atom is -0.309 e. The van der Waals surface area contributed by atoms with Crippen LogP contribution in [0.1, 0.15) is 24.0 Å². The average molecular weight is 295 g/mol. The Morgan fingerprint density at radius 2 is 2.00 bits per heavy atom. The van der Waals surface area contributed by atoms with Gasteiger partial charge in [0.25, 0.3) is 0 Å². The molecule has 1 N–H and O–H groups in total. The van der Waals surface area contributed by atoms with E-state index in [-0.39, 0.29) is 4.90 Å². The fourth-order valence-electron chi connectivity index (χ4n) is 1.80. The Balaban J connectivity index is 2.67. The maximum atomic E-state index is 12.2. The molecule has 0 spiro atoms. The van der Waals surface area contributed by atoms with Gasteiger partial charge in [-0.05, 0) is 58.1 Å². The third-order valence-corrected chi connectivity index (χ3v) is 4.53. The highest BCUT2D eigenvalue weighted by Crippen LogP contribution is 2.16. The monoisotopic (exact) mass is 295 g/mol. The molecule has 0 atom stereocenters. The Labute approximate surface area is 121 Å². The van der Waals surface area contributed by atoms with E-state index in [0.29, 0.717) is 17.7 Å². The van der Waals surface area contributed by atoms with E-state index < -0.39 is 10.0 Å². The van der Waals surface area contributed by atoms with E-state index >= 15 is 0 Å². The van der Waals surface area contributed by atoms with E-state index in [9.17, 15) is 8.42 Å². The average Bonchev–Trinajstić information content (AvgIpc) is 2.38. The van der Waals surface area contributed by atoms with Gasteiger partial charge in [-0.3, -0.25) is 0 Å². The molecule has 0 fully saturated rings. The van der Waals surface area contributed by atoms with E-state index in [1.807, 2.05) is 20.2 Å². The van der Waals surface area contributed by atoms with Crippen LogP contribution in [-0.4, -0.2) is 40.5 Å². The number of nitrogens with one attached hydrogen (secondary N) is 1. The largest absolute Gasteiger partial charge is 0.309 e. The van der Waals surface area contributed by atoms with Gasteiger partial charge in [0, 0.05) is 6.54 Å². The van der Waals surface area contributed by atoms with Crippen molar-refractivity contribution < 1.29 is 8.42 Å². The summed E-state index contributed by atoms with van der Waals surface area (Å²) >= 11 is 0. The van der Waals surface area contributed by atoms with Gasteiger partial charge in [0.05, 0.1) is 16.5 Å². The second-order valence-electron chi connectivity index (χ2n) is 5.00. The molecule has 110 valence electrons. The summed E-state index contributed by atoms with van der Waals surface area (Å²) in [5, 5.41) is 8.85. The Kier molecular flexibility index (Phi) is 6.14. The maximum Gasteiger partial charge on any atom is 0.240 e. The summed E-state index contributed by atoms with van der Waals surface area (Å²) in [5.41, 5.74) is 0.994. The number of nitrogens with zero attached hydrogens (tertiary/aromatic N) is 2. The lowest BCUT2D eigenvalue weighted by atomic mass is 10.2. The summed E-state index contributed by atoms with van der Waals surface area (Å²) in [6, 6.07) is 6.64. The Morgan fingerprint density at radius 3 is 2.60 bits per heavy atom. The summed E-state index contributed by atoms with van der Waals surface area (Å²) in [6.45, 7) is 3.07. The van der Waals surface area contributed by atoms with E-state index in [4.69, 9.17) is 5.26 Å². The minimum absolute atomic E-state index is 0.184. The first-order valence-electron chi connectivity index (χ1n) is 6.52. The molecule has 0 bridgehead atoms. The normalized spacial score (nSPS) is 11.6. The van der Waals surface area contributed by atoms with Crippen molar-refractivity contribution in [3.05, 3.63) is 29.3 Å². The zero-order chi connectivity index (χ0) is 15.2. The van der Waals surface area contributed by atoms with Crippen molar-refractivity contribution in [3.8, 4) is 6.07 Å². The molecule has 5 nitrogen and oxygen atoms in total. The van der Waals surface area contributed by atoms with Crippen molar-refractivity contribution in [2.24, 2.45) is 0 Å². The SMILES string of the molecule is Cc1ccc(C#N)cc1S(=O)(=O)NCCCCN(C)C. The Bertz CT molecular complexity index is 589. The Hall–Kier alpha value is -1.42. The lowest BCUT2D eigenvalue weighted by molar-refractivity contribution is 0.394. The van der Waals surface area contributed by atoms with Gasteiger partial charge in [-0.2, -0.15) is 5.26 Å². The highest BCUT2D eigenvalue weighted by molar-refractivity contribution is 7.89. The van der Waals surface area contributed by atoms with E-state index in [0.717, 1.165) is 19.4 Å². The zero-order valence-electron chi connectivity index (χ0n) is 12.2. The van der Waals surface area contributed by atoms with Crippen molar-refractivity contribution in [1.29, 1.82) is 5.26 Å². The molecule has 0 aliphatic rings. The summed E-state index contributed by atoms with van der Waals surface area (Å²) in [4.78, 5) is 2.25. The summed E-state index contributed by atoms with van der Waals surface area (Å²) < 4.78 is 27.0. The molecule has 0 unspecified atom stereocenters. The molecule has 0 saturated heterocycles. The predicted octanol–water partition coefficient (Wildman–Crippen LogP) is 1.49. The van der Waals surface area contributed by atoms with Crippen LogP contribution in [0.5, 0.6) is 0 Å². The quantitative estimate of drug-likeness (QED) is 0.773. The van der Waals surface area contributed by atoms with Crippen molar-refractivity contribution in [2.75, 3.05) is 27.2 Å². The van der Waals surface area contributed by atoms with Gasteiger partial charge in [0.15, 0.2) is 0 Å². The van der Waals surface area contributed by atoms with Crippen LogP contribution in [0.3, 0.4) is 0 Å². The number of sulfonamides is 1. The van der Waals surface area contributed by atoms with Crippen molar-refractivity contribution >= 4 is 10.0 Å². The molecular weight excluding hydrogens is 274 g/mol. The molecule has 0 saturated carbocycles. The van der Waals surface area contributed by atoms with E-state index in [1.165, 1.54) is 6.07 Å². The number of aryl methyl sites for hydroxylation is 1. The van der Waals surface area contributed by atoms with E-state index in [1.54, 1.807) is 19.1 Å². The van der Waals surface area contributed by atoms with Crippen LogP contribution >= 0.6 is 0 Å². The topological polar surface area (TPSA) is 73.2 Å². The van der Waals surface area contributed by atoms with Gasteiger partial charge in [-0.15, -0.1) is 0 Å². The number of nitriles is 1. The van der Waals surface area contributed by atoms with Crippen molar-refractivity contribution in [1.82, 2.24) is 9.62 Å². The molecule has 20 heavy (non-hydrogen) atoms. The molecule has 1 aromatic rings. The number of unbranched alkanes of at least 4 members (excludes halogenated alkanes) is 1. The molecule has 6 heteroatoms. The smallest absolute Gasteiger partial charge is 0.240 e. The molecule has 0 aliphatic carbocycles. The van der Waals surface area contributed by atoms with Crippen LogP contribution in [-0.2, 0) is 10.0 Å². The molecule has 1 aromatic carbocycles. The lowest BCUT2D eigenvalue weighted by Gasteiger charge is -2.11. The van der Waals surface area contributed by atoms with Gasteiger partial charge in [0.2, 0.25) is 10.0 Å². The van der Waals surface area contributed by atoms with Crippen molar-refractivity contribution in [3.63, 3.8) is 0 Å². The summed E-state index contributed by atoms with van der Waals surface area (Å²) in [7, 11) is 0.435. The first-order chi connectivity index (χ1) is 9.36. The molecular formula is C14H21N3O2S. The van der Waals surface area contributed by atoms with Gasteiger partial charge < -0.3 is 4.90 Å². The van der Waals surface area contributed by atoms with Crippen LogP contribution < -0.4 is 4.72 Å². The van der Waals surface area contributed by atoms with Crippen LogP contribution in [0.2, 0.25) is 0 Å². The number of benzene rings is 1. The maximum absolute atomic E-state index is 12.2. The number of hydrogen-bond acceptors (Lipinski definition) is 4. The van der Waals surface area contributed by atoms with Crippen LogP contribution in [0, 0.1) is 18.3 Å². The Morgan fingerprint density at radius 1 is 1.30 bits per heavy atom. The van der Waals surface area contributed by atoms with Crippen LogP contribution in [0.25, 0.3) is 0 Å². The molecule has 1 rings (SSSR count). The highest BCUT2D eigenvalue weighted by atomic mass is 32.2. The molecule has 0 aliphatic heterocycles. The third-order valence-electron chi connectivity index (χ3n) is 2.93. The summed E-state index contributed by atoms with van der Waals surface area (Å²) in [6.07, 6.45) is 1.72. The van der Waals surface area contributed by atoms with Crippen LogP contribution in [0.4, 0.5) is 0 Å². The second kappa shape index (κ2) is 7.39. The predicted molar refractivity (Wildman–Crippen MR) is 78.9 cm³/mol. The van der Waals surface area contributed by atoms with Gasteiger partial charge in [-0.25, -0.2) is 13.1 Å². The molecule has 0 amide bonds. The third kappa shape index (κ3) is 4.93. The first-order valence-corrected chi connectivity index (χ1v) is 8.00. The zero-order valence-corrected chi connectivity index (χ0v) is 13.0. The lowest BCUT2D eigenvalue weighted by Crippen LogP contribution is -2.26. The number of rotatable bonds is 7. The van der Waals surface area contributed by atoms with Gasteiger partial charge in [-0.1, -0.05) is 6.07 Å². The highest BCUT2D eigenvalue weighted by Gasteiger charge is 2.16. The van der Waals surface area contributed by atoms with Gasteiger partial charge in [0.1, 0.15) is 0 Å². The van der Waals surface area contributed by atoms with Crippen LogP contribution in [0.15, 0.2) is 23.1 Å². The fraction of sp³-hybridized carbons (Fsp3) is 0.500. The summed E-state index contributed by atoms with van der Waals surface area (Å²) in [5.74, 6) is 0. The minimum atomic E-state index is -3.54. The van der Waals surface area contributed by atoms with Crippen molar-refractivity contribution in [2.45, 2.75) is 24.7 Å². The van der Waals surface area contributed by atoms with E-state index in [2.05, 4.69) is 9.62 Å². The standard InChI is InChI=1S/C14H21N3O2S/c1-12-6-7-13(11-15)10-14(12)20(18,19)16-8-4-5-9-17(2)3/h6-7,10,16H,4-5,8-9H2,1-3H3. The van der Waals surface area contributed by atoms with Gasteiger partial charge >= 0.3 is 0 Å². The second-order valence-corrected chi connectivity index (χ2v) is 6.74. The first kappa shape index (κ1) is 16.6. The molecule has 0 radical (unpaired) electrons. The molecule has 0 heterocycles. The molecule has 0 aromatic heterocycles. The fourth-order valence-corrected chi connectivity index (χ4v) is 3.14.